The summed E-state index contributed by atoms with van der Waals surface area (Å²) in [7, 11) is 0. The van der Waals surface area contributed by atoms with E-state index >= 15 is 0 Å². The summed E-state index contributed by atoms with van der Waals surface area (Å²) in [6.45, 7) is 7.48. The fourth-order valence-electron chi connectivity index (χ4n) is 7.02. The molecule has 22 heavy (non-hydrogen) atoms. The van der Waals surface area contributed by atoms with Gasteiger partial charge in [0.15, 0.2) is 0 Å². The highest BCUT2D eigenvalue weighted by atomic mass is 14.5. The zero-order valence-corrected chi connectivity index (χ0v) is 15.5. The van der Waals surface area contributed by atoms with Gasteiger partial charge in [0.25, 0.3) is 0 Å². The lowest BCUT2D eigenvalue weighted by atomic mass is 9.54. The van der Waals surface area contributed by atoms with E-state index in [0.717, 1.165) is 41.4 Å². The maximum absolute atomic E-state index is 2.62. The van der Waals surface area contributed by atoms with Gasteiger partial charge >= 0.3 is 0 Å². The second-order valence-electron chi connectivity index (χ2n) is 9.07. The van der Waals surface area contributed by atoms with Crippen molar-refractivity contribution in [1.29, 1.82) is 0 Å². The lowest BCUT2D eigenvalue weighted by molar-refractivity contribution is -0.0197. The van der Waals surface area contributed by atoms with Crippen LogP contribution in [0.25, 0.3) is 0 Å². The van der Waals surface area contributed by atoms with E-state index in [1.807, 2.05) is 0 Å². The van der Waals surface area contributed by atoms with Crippen LogP contribution in [-0.4, -0.2) is 0 Å². The van der Waals surface area contributed by atoms with E-state index in [9.17, 15) is 0 Å². The van der Waals surface area contributed by atoms with Crippen LogP contribution in [0.1, 0.15) is 97.8 Å². The van der Waals surface area contributed by atoms with Crippen molar-refractivity contribution in [2.45, 2.75) is 97.8 Å². The highest BCUT2D eigenvalue weighted by Gasteiger charge is 2.48. The van der Waals surface area contributed by atoms with Crippen molar-refractivity contribution in [3.05, 3.63) is 0 Å². The molecule has 3 aliphatic carbocycles. The first kappa shape index (κ1) is 16.8. The van der Waals surface area contributed by atoms with Crippen LogP contribution in [-0.2, 0) is 0 Å². The van der Waals surface area contributed by atoms with Crippen LogP contribution in [0.4, 0.5) is 0 Å². The van der Waals surface area contributed by atoms with Gasteiger partial charge in [0.1, 0.15) is 0 Å². The summed E-state index contributed by atoms with van der Waals surface area (Å²) < 4.78 is 0. The van der Waals surface area contributed by atoms with Crippen LogP contribution in [0, 0.1) is 41.4 Å². The van der Waals surface area contributed by atoms with Gasteiger partial charge in [-0.3, -0.25) is 0 Å². The number of hydrogen-bond donors (Lipinski definition) is 0. The summed E-state index contributed by atoms with van der Waals surface area (Å²) >= 11 is 0. The molecule has 0 amide bonds. The molecule has 3 rings (SSSR count). The Bertz CT molecular complexity index is 333. The molecular weight excluding hydrogens is 264 g/mol. The average molecular weight is 305 g/mol. The van der Waals surface area contributed by atoms with Crippen LogP contribution < -0.4 is 0 Å². The third-order valence-corrected chi connectivity index (χ3v) is 7.99. The van der Waals surface area contributed by atoms with Gasteiger partial charge in [0, 0.05) is 0 Å². The van der Waals surface area contributed by atoms with Gasteiger partial charge in [0.2, 0.25) is 0 Å². The molecule has 0 saturated heterocycles. The van der Waals surface area contributed by atoms with E-state index < -0.39 is 0 Å². The molecule has 0 heteroatoms. The summed E-state index contributed by atoms with van der Waals surface area (Å²) in [5.74, 6) is 7.57. The Morgan fingerprint density at radius 2 is 1.64 bits per heavy atom. The maximum Gasteiger partial charge on any atom is -0.0321 e. The van der Waals surface area contributed by atoms with Crippen LogP contribution in [0.5, 0.6) is 0 Å². The fourth-order valence-corrected chi connectivity index (χ4v) is 7.02. The number of unbranched alkanes of at least 4 members (excludes halogenated alkanes) is 1. The molecule has 3 aliphatic rings. The highest BCUT2D eigenvalue weighted by molar-refractivity contribution is 4.98. The minimum absolute atomic E-state index is 1.01. The quantitative estimate of drug-likeness (QED) is 0.509. The minimum atomic E-state index is 1.01. The summed E-state index contributed by atoms with van der Waals surface area (Å²) in [6, 6.07) is 0. The van der Waals surface area contributed by atoms with Crippen molar-refractivity contribution < 1.29 is 0 Å². The van der Waals surface area contributed by atoms with Gasteiger partial charge in [-0.25, -0.2) is 0 Å². The van der Waals surface area contributed by atoms with Crippen molar-refractivity contribution in [1.82, 2.24) is 0 Å². The molecular formula is C22H40. The van der Waals surface area contributed by atoms with Crippen molar-refractivity contribution in [3.8, 4) is 0 Å². The van der Waals surface area contributed by atoms with E-state index in [-0.39, 0.29) is 0 Å². The number of rotatable bonds is 5. The Morgan fingerprint density at radius 3 is 2.41 bits per heavy atom. The Kier molecular flexibility index (Phi) is 5.91. The lowest BCUT2D eigenvalue weighted by Crippen LogP contribution is -2.44. The predicted molar refractivity (Wildman–Crippen MR) is 96.9 cm³/mol. The summed E-state index contributed by atoms with van der Waals surface area (Å²) in [4.78, 5) is 0. The third-order valence-electron chi connectivity index (χ3n) is 7.99. The normalized spacial score (nSPS) is 45.7. The molecule has 7 atom stereocenters. The molecule has 7 unspecified atom stereocenters. The van der Waals surface area contributed by atoms with Gasteiger partial charge in [-0.05, 0) is 67.1 Å². The molecule has 0 N–H and O–H groups in total. The summed E-state index contributed by atoms with van der Waals surface area (Å²) in [5, 5.41) is 0. The van der Waals surface area contributed by atoms with E-state index in [4.69, 9.17) is 0 Å². The van der Waals surface area contributed by atoms with Crippen LogP contribution in [0.15, 0.2) is 0 Å². The first-order chi connectivity index (χ1) is 10.8. The molecule has 128 valence electrons. The van der Waals surface area contributed by atoms with Crippen LogP contribution >= 0.6 is 0 Å². The monoisotopic (exact) mass is 304 g/mol. The predicted octanol–water partition coefficient (Wildman–Crippen LogP) is 7.08. The minimum Gasteiger partial charge on any atom is -0.0654 e. The second kappa shape index (κ2) is 7.71. The second-order valence-corrected chi connectivity index (χ2v) is 9.07. The van der Waals surface area contributed by atoms with Crippen molar-refractivity contribution >= 4 is 0 Å². The molecule has 0 heterocycles. The Hall–Kier alpha value is 0. The molecule has 0 spiro atoms. The zero-order valence-electron chi connectivity index (χ0n) is 15.5. The first-order valence-electron chi connectivity index (χ1n) is 10.8. The van der Waals surface area contributed by atoms with E-state index in [2.05, 4.69) is 20.8 Å². The molecule has 0 bridgehead atoms. The van der Waals surface area contributed by atoms with Crippen molar-refractivity contribution in [3.63, 3.8) is 0 Å². The largest absolute Gasteiger partial charge is 0.0654 e. The van der Waals surface area contributed by atoms with Gasteiger partial charge in [-0.1, -0.05) is 72.1 Å². The molecule has 0 radical (unpaired) electrons. The molecule has 0 aliphatic heterocycles. The van der Waals surface area contributed by atoms with Gasteiger partial charge < -0.3 is 0 Å². The Morgan fingerprint density at radius 1 is 0.864 bits per heavy atom. The molecule has 3 saturated carbocycles. The number of fused-ring (bicyclic) bond motifs is 1. The summed E-state index contributed by atoms with van der Waals surface area (Å²) in [6.07, 6.45) is 18.3. The lowest BCUT2D eigenvalue weighted by Gasteiger charge is -2.51. The van der Waals surface area contributed by atoms with Gasteiger partial charge in [0.05, 0.1) is 0 Å². The molecule has 0 nitrogen and oxygen atoms in total. The topological polar surface area (TPSA) is 0 Å². The van der Waals surface area contributed by atoms with Gasteiger partial charge in [-0.15, -0.1) is 0 Å². The highest BCUT2D eigenvalue weighted by Crippen LogP contribution is 2.57. The molecule has 0 aromatic rings. The SMILES string of the molecule is CCCCC1C(C)CC2CCCC2C1C1CCCCC1CC. The molecule has 0 aromatic heterocycles. The van der Waals surface area contributed by atoms with E-state index in [1.54, 1.807) is 44.9 Å². The zero-order chi connectivity index (χ0) is 15.5. The van der Waals surface area contributed by atoms with Gasteiger partial charge in [-0.2, -0.15) is 0 Å². The third kappa shape index (κ3) is 3.27. The molecule has 3 fully saturated rings. The van der Waals surface area contributed by atoms with Crippen LogP contribution in [0.3, 0.4) is 0 Å². The average Bonchev–Trinajstić information content (AvgIpc) is 3.00. The first-order valence-corrected chi connectivity index (χ1v) is 10.8. The van der Waals surface area contributed by atoms with E-state index in [1.165, 1.54) is 32.1 Å². The van der Waals surface area contributed by atoms with Crippen LogP contribution in [0.2, 0.25) is 0 Å². The molecule has 0 aromatic carbocycles. The Balaban J connectivity index is 1.82. The summed E-state index contributed by atoms with van der Waals surface area (Å²) in [5.41, 5.74) is 0. The van der Waals surface area contributed by atoms with Crippen molar-refractivity contribution in [2.75, 3.05) is 0 Å². The maximum atomic E-state index is 2.62. The number of hydrogen-bond acceptors (Lipinski definition) is 0. The Labute approximate surface area is 139 Å². The smallest absolute Gasteiger partial charge is 0.0321 e. The fraction of sp³-hybridized carbons (Fsp3) is 1.00. The van der Waals surface area contributed by atoms with Crippen molar-refractivity contribution in [2.24, 2.45) is 41.4 Å². The van der Waals surface area contributed by atoms with E-state index in [0.29, 0.717) is 0 Å². The standard InChI is InChI=1S/C22H40/c1-4-6-12-19-16(3)15-18-11-9-14-21(18)22(19)20-13-8-7-10-17(20)5-2/h16-22H,4-15H2,1-3H3.